The fraction of sp³-hybridized carbons (Fsp3) is 0.200. The lowest BCUT2D eigenvalue weighted by atomic mass is 10.0. The van der Waals surface area contributed by atoms with E-state index in [1.807, 2.05) is 68.4 Å². The van der Waals surface area contributed by atoms with Crippen molar-refractivity contribution in [2.24, 2.45) is 0 Å². The Kier molecular flexibility index (Phi) is 6.22. The number of nitrogens with one attached hydrogen (secondary N) is 1. The summed E-state index contributed by atoms with van der Waals surface area (Å²) in [4.78, 5) is 12.5. The average Bonchev–Trinajstić information content (AvgIpc) is 3.38. The van der Waals surface area contributed by atoms with Crippen LogP contribution in [0.5, 0.6) is 0 Å². The van der Waals surface area contributed by atoms with Gasteiger partial charge in [-0.25, -0.2) is 4.68 Å². The molecule has 0 aliphatic heterocycles. The highest BCUT2D eigenvalue weighted by Crippen LogP contribution is 2.28. The van der Waals surface area contributed by atoms with Crippen LogP contribution in [0, 0.1) is 11.3 Å². The molecule has 0 saturated heterocycles. The normalized spacial score (nSPS) is 10.8. The van der Waals surface area contributed by atoms with E-state index in [4.69, 9.17) is 10.3 Å². The second-order valence-electron chi connectivity index (χ2n) is 8.03. The standard InChI is InChI=1S/C25H24N6O2/c1-16(2)31-25(27)21(15-26)24(29-31)19-10-8-18(9-11-19)13-22(32)28-23-14-20(30-33-23)12-17-6-4-3-5-7-17/h3-11,14,16H,12-13,27H2,1-2H3,(H,28,32). The molecule has 1 amide bonds. The molecule has 0 spiro atoms. The van der Waals surface area contributed by atoms with Gasteiger partial charge in [-0.3, -0.25) is 10.1 Å². The molecule has 2 heterocycles. The summed E-state index contributed by atoms with van der Waals surface area (Å²) in [6.45, 7) is 3.91. The van der Waals surface area contributed by atoms with Crippen molar-refractivity contribution >= 4 is 17.6 Å². The van der Waals surface area contributed by atoms with Crippen molar-refractivity contribution in [3.05, 3.63) is 83.0 Å². The van der Waals surface area contributed by atoms with Gasteiger partial charge in [0, 0.05) is 24.1 Å². The van der Waals surface area contributed by atoms with Gasteiger partial charge in [0.05, 0.1) is 12.1 Å². The van der Waals surface area contributed by atoms with E-state index in [2.05, 4.69) is 21.6 Å². The van der Waals surface area contributed by atoms with Crippen LogP contribution < -0.4 is 11.1 Å². The van der Waals surface area contributed by atoms with Gasteiger partial charge in [0.15, 0.2) is 0 Å². The first-order valence-corrected chi connectivity index (χ1v) is 10.6. The van der Waals surface area contributed by atoms with Crippen molar-refractivity contribution in [3.8, 4) is 17.3 Å². The molecule has 0 saturated carbocycles. The zero-order chi connectivity index (χ0) is 23.4. The lowest BCUT2D eigenvalue weighted by Crippen LogP contribution is -2.13. The number of carbonyl (C=O) groups excluding carboxylic acids is 1. The van der Waals surface area contributed by atoms with Crippen LogP contribution in [0.4, 0.5) is 11.7 Å². The predicted octanol–water partition coefficient (Wildman–Crippen LogP) is 4.34. The number of nitrogens with two attached hydrogens (primary N) is 1. The van der Waals surface area contributed by atoms with Gasteiger partial charge in [-0.2, -0.15) is 10.4 Å². The third kappa shape index (κ3) is 4.93. The molecule has 8 heteroatoms. The number of hydrogen-bond acceptors (Lipinski definition) is 6. The van der Waals surface area contributed by atoms with Gasteiger partial charge in [0.1, 0.15) is 23.1 Å². The summed E-state index contributed by atoms with van der Waals surface area (Å²) in [5.41, 5.74) is 10.4. The molecule has 0 unspecified atom stereocenters. The largest absolute Gasteiger partial charge is 0.383 e. The molecule has 3 N–H and O–H groups in total. The molecule has 8 nitrogen and oxygen atoms in total. The zero-order valence-electron chi connectivity index (χ0n) is 18.4. The van der Waals surface area contributed by atoms with Crippen molar-refractivity contribution < 1.29 is 9.32 Å². The van der Waals surface area contributed by atoms with Crippen LogP contribution in [-0.2, 0) is 17.6 Å². The van der Waals surface area contributed by atoms with Crippen LogP contribution in [0.15, 0.2) is 65.2 Å². The van der Waals surface area contributed by atoms with Crippen LogP contribution in [-0.4, -0.2) is 20.8 Å². The molecule has 4 rings (SSSR count). The fourth-order valence-corrected chi connectivity index (χ4v) is 3.56. The molecule has 33 heavy (non-hydrogen) atoms. The molecule has 0 bridgehead atoms. The number of nitrogens with zero attached hydrogens (tertiary/aromatic N) is 4. The third-order valence-corrected chi connectivity index (χ3v) is 5.19. The van der Waals surface area contributed by atoms with Crippen molar-refractivity contribution in [2.75, 3.05) is 11.1 Å². The minimum Gasteiger partial charge on any atom is -0.383 e. The topological polar surface area (TPSA) is 123 Å². The highest BCUT2D eigenvalue weighted by Gasteiger charge is 2.18. The number of anilines is 2. The van der Waals surface area contributed by atoms with Crippen molar-refractivity contribution in [2.45, 2.75) is 32.7 Å². The molecular weight excluding hydrogens is 416 g/mol. The van der Waals surface area contributed by atoms with Gasteiger partial charge >= 0.3 is 0 Å². The first-order chi connectivity index (χ1) is 15.9. The fourth-order valence-electron chi connectivity index (χ4n) is 3.56. The Balaban J connectivity index is 1.40. The molecule has 0 aliphatic rings. The molecule has 0 radical (unpaired) electrons. The molecule has 0 fully saturated rings. The van der Waals surface area contributed by atoms with E-state index in [9.17, 15) is 10.1 Å². The minimum absolute atomic E-state index is 0.0399. The maximum absolute atomic E-state index is 12.5. The van der Waals surface area contributed by atoms with Gasteiger partial charge in [0.2, 0.25) is 11.8 Å². The molecule has 2 aromatic heterocycles. The monoisotopic (exact) mass is 440 g/mol. The molecule has 0 atom stereocenters. The van der Waals surface area contributed by atoms with E-state index >= 15 is 0 Å². The van der Waals surface area contributed by atoms with E-state index in [0.29, 0.717) is 29.4 Å². The van der Waals surface area contributed by atoms with E-state index in [-0.39, 0.29) is 18.4 Å². The Morgan fingerprint density at radius 2 is 1.88 bits per heavy atom. The molecule has 4 aromatic rings. The molecular formula is C25H24N6O2. The van der Waals surface area contributed by atoms with Crippen molar-refractivity contribution in [3.63, 3.8) is 0 Å². The Hall–Kier alpha value is -4.38. The van der Waals surface area contributed by atoms with Crippen LogP contribution in [0.25, 0.3) is 11.3 Å². The Morgan fingerprint density at radius 1 is 1.15 bits per heavy atom. The number of amides is 1. The quantitative estimate of drug-likeness (QED) is 0.441. The average molecular weight is 441 g/mol. The Labute approximate surface area is 191 Å². The number of nitriles is 1. The third-order valence-electron chi connectivity index (χ3n) is 5.19. The van der Waals surface area contributed by atoms with Gasteiger partial charge in [-0.15, -0.1) is 0 Å². The first kappa shape index (κ1) is 21.8. The van der Waals surface area contributed by atoms with Crippen LogP contribution in [0.2, 0.25) is 0 Å². The number of hydrogen-bond donors (Lipinski definition) is 2. The van der Waals surface area contributed by atoms with Gasteiger partial charge in [-0.05, 0) is 25.0 Å². The summed E-state index contributed by atoms with van der Waals surface area (Å²) < 4.78 is 6.88. The zero-order valence-corrected chi connectivity index (χ0v) is 18.4. The molecule has 166 valence electrons. The van der Waals surface area contributed by atoms with Crippen molar-refractivity contribution in [1.29, 1.82) is 5.26 Å². The van der Waals surface area contributed by atoms with Crippen LogP contribution >= 0.6 is 0 Å². The number of benzene rings is 2. The highest BCUT2D eigenvalue weighted by atomic mass is 16.5. The second kappa shape index (κ2) is 9.40. The first-order valence-electron chi connectivity index (χ1n) is 10.6. The van der Waals surface area contributed by atoms with E-state index in [0.717, 1.165) is 22.4 Å². The number of nitrogen functional groups attached to an aromatic ring is 1. The SMILES string of the molecule is CC(C)n1nc(-c2ccc(CC(=O)Nc3cc(Cc4ccccc4)no3)cc2)c(C#N)c1N. The highest BCUT2D eigenvalue weighted by molar-refractivity contribution is 5.91. The van der Waals surface area contributed by atoms with Crippen molar-refractivity contribution in [1.82, 2.24) is 14.9 Å². The second-order valence-corrected chi connectivity index (χ2v) is 8.03. The summed E-state index contributed by atoms with van der Waals surface area (Å²) in [7, 11) is 0. The van der Waals surface area contributed by atoms with E-state index < -0.39 is 0 Å². The maximum Gasteiger partial charge on any atom is 0.231 e. The number of rotatable bonds is 7. The maximum atomic E-state index is 12.5. The number of aromatic nitrogens is 3. The molecule has 2 aromatic carbocycles. The van der Waals surface area contributed by atoms with Gasteiger partial charge in [0.25, 0.3) is 0 Å². The Bertz CT molecular complexity index is 1300. The predicted molar refractivity (Wildman–Crippen MR) is 125 cm³/mol. The summed E-state index contributed by atoms with van der Waals surface area (Å²) in [6.07, 6.45) is 0.798. The lowest BCUT2D eigenvalue weighted by Gasteiger charge is -2.06. The minimum atomic E-state index is -0.212. The van der Waals surface area contributed by atoms with E-state index in [1.54, 1.807) is 10.7 Å². The van der Waals surface area contributed by atoms with Gasteiger partial charge in [-0.1, -0.05) is 59.8 Å². The Morgan fingerprint density at radius 3 is 2.55 bits per heavy atom. The number of carbonyl (C=O) groups is 1. The summed E-state index contributed by atoms with van der Waals surface area (Å²) >= 11 is 0. The summed E-state index contributed by atoms with van der Waals surface area (Å²) in [5.74, 6) is 0.455. The van der Waals surface area contributed by atoms with Crippen LogP contribution in [0.1, 0.15) is 42.3 Å². The van der Waals surface area contributed by atoms with Gasteiger partial charge < -0.3 is 10.3 Å². The smallest absolute Gasteiger partial charge is 0.231 e. The van der Waals surface area contributed by atoms with E-state index in [1.165, 1.54) is 0 Å². The molecule has 0 aliphatic carbocycles. The summed E-state index contributed by atoms with van der Waals surface area (Å²) in [6, 6.07) is 21.2. The van der Waals surface area contributed by atoms with Crippen LogP contribution in [0.3, 0.4) is 0 Å². The summed E-state index contributed by atoms with van der Waals surface area (Å²) in [5, 5.41) is 20.8. The lowest BCUT2D eigenvalue weighted by molar-refractivity contribution is -0.115.